The molecule has 2 aromatic rings. The molecule has 1 fully saturated rings. The molecule has 0 saturated heterocycles. The molecule has 3 rings (SSSR count). The maximum Gasteiger partial charge on any atom is 0.436 e. The molecular formula is C25H28N4O9S. The van der Waals surface area contributed by atoms with E-state index >= 15 is 0 Å². The Morgan fingerprint density at radius 3 is 2.21 bits per heavy atom. The van der Waals surface area contributed by atoms with Gasteiger partial charge < -0.3 is 25.2 Å². The smallest absolute Gasteiger partial charge is 0.436 e. The van der Waals surface area contributed by atoms with E-state index in [4.69, 9.17) is 0 Å². The van der Waals surface area contributed by atoms with E-state index in [0.717, 1.165) is 14.2 Å². The quantitative estimate of drug-likeness (QED) is 0.301. The van der Waals surface area contributed by atoms with Gasteiger partial charge in [0.05, 0.1) is 41.5 Å². The molecule has 39 heavy (non-hydrogen) atoms. The molecule has 14 heteroatoms. The van der Waals surface area contributed by atoms with Gasteiger partial charge in [-0.3, -0.25) is 14.9 Å². The number of ether oxygens (including phenoxy) is 2. The molecule has 0 heterocycles. The summed E-state index contributed by atoms with van der Waals surface area (Å²) in [7, 11) is -2.04. The first-order valence-electron chi connectivity index (χ1n) is 11.8. The molecule has 1 aliphatic rings. The number of carboxylic acid groups (broad SMARTS) is 1. The number of carboxylic acids is 1. The van der Waals surface area contributed by atoms with Gasteiger partial charge in [-0.1, -0.05) is 31.0 Å². The molecule has 2 aromatic carbocycles. The van der Waals surface area contributed by atoms with Crippen molar-refractivity contribution in [2.45, 2.75) is 35.5 Å². The number of anilines is 2. The average Bonchev–Trinajstić information content (AvgIpc) is 2.93. The lowest BCUT2D eigenvalue weighted by atomic mass is 9.78. The highest BCUT2D eigenvalue weighted by Gasteiger charge is 2.36. The van der Waals surface area contributed by atoms with Crippen LogP contribution in [0.3, 0.4) is 0 Å². The van der Waals surface area contributed by atoms with E-state index in [0.29, 0.717) is 25.7 Å². The van der Waals surface area contributed by atoms with Crippen LogP contribution in [0.25, 0.3) is 0 Å². The maximum absolute atomic E-state index is 13.6. The minimum absolute atomic E-state index is 0.0603. The summed E-state index contributed by atoms with van der Waals surface area (Å²) >= 11 is 0. The minimum Gasteiger partial charge on any atom is -0.481 e. The van der Waals surface area contributed by atoms with E-state index in [1.165, 1.54) is 42.5 Å². The molecule has 1 saturated carbocycles. The van der Waals surface area contributed by atoms with Crippen molar-refractivity contribution < 1.29 is 42.2 Å². The van der Waals surface area contributed by atoms with E-state index in [9.17, 15) is 32.7 Å². The fraction of sp³-hybridized carbons (Fsp3) is 0.320. The molecule has 208 valence electrons. The summed E-state index contributed by atoms with van der Waals surface area (Å²) < 4.78 is 36.2. The molecule has 2 unspecified atom stereocenters. The lowest BCUT2D eigenvalue weighted by Gasteiger charge is -2.27. The summed E-state index contributed by atoms with van der Waals surface area (Å²) in [6, 6.07) is 11.3. The molecule has 0 aliphatic heterocycles. The molecule has 1 aliphatic carbocycles. The van der Waals surface area contributed by atoms with Crippen LogP contribution in [0.5, 0.6) is 0 Å². The van der Waals surface area contributed by atoms with Gasteiger partial charge in [0.2, 0.25) is 21.7 Å². The summed E-state index contributed by atoms with van der Waals surface area (Å²) in [5, 5.41) is 17.0. The van der Waals surface area contributed by atoms with Gasteiger partial charge in [-0.25, -0.2) is 18.0 Å². The van der Waals surface area contributed by atoms with Crippen molar-refractivity contribution in [3.8, 4) is 0 Å². The van der Waals surface area contributed by atoms with Crippen molar-refractivity contribution in [3.05, 3.63) is 48.5 Å². The second kappa shape index (κ2) is 12.9. The zero-order chi connectivity index (χ0) is 28.6. The summed E-state index contributed by atoms with van der Waals surface area (Å²) in [6.07, 6.45) is 0.0395. The number of alkyl carbamates (subject to hydrolysis) is 1. The van der Waals surface area contributed by atoms with Crippen LogP contribution < -0.4 is 16.0 Å². The standard InChI is InChI=1S/C25H28N4O9S/c1-37-24(33)28-23(29-25(34)38-2)26-15-12-13-19(20(14-15)39(35,36)16-8-4-3-5-9-16)27-21(30)17-10-6-7-11-18(17)22(31)32/h3-5,8-9,12-14,17-18H,6-7,10-11H2,1-2H3,(H,27,30)(H,31,32)(H2,26,28,29,33,34). The van der Waals surface area contributed by atoms with Crippen LogP contribution in [0.2, 0.25) is 0 Å². The van der Waals surface area contributed by atoms with Crippen molar-refractivity contribution in [2.75, 3.05) is 24.9 Å². The number of aliphatic imine (C=N–C) groups is 1. The van der Waals surface area contributed by atoms with Crippen molar-refractivity contribution in [3.63, 3.8) is 0 Å². The number of carbonyl (C=O) groups excluding carboxylic acids is 3. The Kier molecular flexibility index (Phi) is 9.60. The zero-order valence-electron chi connectivity index (χ0n) is 21.2. The Hall–Kier alpha value is -4.46. The van der Waals surface area contributed by atoms with E-state index in [1.54, 1.807) is 6.07 Å². The third-order valence-electron chi connectivity index (χ3n) is 6.05. The van der Waals surface area contributed by atoms with Crippen molar-refractivity contribution >= 4 is 51.2 Å². The Morgan fingerprint density at radius 2 is 1.59 bits per heavy atom. The maximum atomic E-state index is 13.6. The number of sulfone groups is 1. The number of benzene rings is 2. The van der Waals surface area contributed by atoms with Crippen molar-refractivity contribution in [2.24, 2.45) is 16.8 Å². The van der Waals surface area contributed by atoms with Gasteiger partial charge in [-0.15, -0.1) is 4.99 Å². The Balaban J connectivity index is 2.04. The monoisotopic (exact) mass is 560 g/mol. The molecule has 0 radical (unpaired) electrons. The molecule has 4 N–H and O–H groups in total. The van der Waals surface area contributed by atoms with Gasteiger partial charge in [-0.05, 0) is 43.2 Å². The van der Waals surface area contributed by atoms with Gasteiger partial charge in [0, 0.05) is 5.69 Å². The Labute approximate surface area is 224 Å². The number of rotatable bonds is 6. The van der Waals surface area contributed by atoms with Crippen LogP contribution in [0, 0.1) is 11.8 Å². The molecule has 0 spiro atoms. The highest BCUT2D eigenvalue weighted by molar-refractivity contribution is 7.91. The number of nitrogens with one attached hydrogen (secondary N) is 3. The van der Waals surface area contributed by atoms with Crippen LogP contribution in [0.1, 0.15) is 25.7 Å². The fourth-order valence-corrected chi connectivity index (χ4v) is 5.59. The second-order valence-electron chi connectivity index (χ2n) is 8.52. The lowest BCUT2D eigenvalue weighted by molar-refractivity contribution is -0.147. The highest BCUT2D eigenvalue weighted by atomic mass is 32.2. The Bertz CT molecular complexity index is 1380. The number of amides is 3. The highest BCUT2D eigenvalue weighted by Crippen LogP contribution is 2.34. The normalized spacial score (nSPS) is 17.4. The molecule has 0 aromatic heterocycles. The van der Waals surface area contributed by atoms with Gasteiger partial charge >= 0.3 is 18.2 Å². The van der Waals surface area contributed by atoms with E-state index < -0.39 is 51.7 Å². The van der Waals surface area contributed by atoms with E-state index in [-0.39, 0.29) is 21.2 Å². The van der Waals surface area contributed by atoms with Crippen molar-refractivity contribution in [1.82, 2.24) is 5.32 Å². The largest absolute Gasteiger partial charge is 0.481 e. The van der Waals surface area contributed by atoms with Gasteiger partial charge in [-0.2, -0.15) is 0 Å². The zero-order valence-corrected chi connectivity index (χ0v) is 22.0. The second-order valence-corrected chi connectivity index (χ2v) is 10.4. The van der Waals surface area contributed by atoms with Gasteiger partial charge in [0.15, 0.2) is 0 Å². The Morgan fingerprint density at radius 1 is 0.923 bits per heavy atom. The average molecular weight is 561 g/mol. The van der Waals surface area contributed by atoms with E-state index in [1.807, 2.05) is 0 Å². The fourth-order valence-electron chi connectivity index (χ4n) is 4.13. The first-order chi connectivity index (χ1) is 18.6. The number of hydrogen-bond donors (Lipinski definition) is 4. The third kappa shape index (κ3) is 7.31. The topological polar surface area (TPSA) is 190 Å². The SMILES string of the molecule is COC(=O)N=C(NC(=O)OC)Nc1ccc(NC(=O)C2CCCCC2C(=O)O)c(S(=O)(=O)c2ccccc2)c1. The van der Waals surface area contributed by atoms with Crippen LogP contribution in [0.15, 0.2) is 63.3 Å². The molecule has 2 atom stereocenters. The number of aliphatic carboxylic acids is 1. The van der Waals surface area contributed by atoms with E-state index in [2.05, 4.69) is 30.4 Å². The molecular weight excluding hydrogens is 532 g/mol. The molecule has 0 bridgehead atoms. The number of guanidine groups is 1. The first-order valence-corrected chi connectivity index (χ1v) is 13.3. The van der Waals surface area contributed by atoms with Gasteiger partial charge in [0.25, 0.3) is 0 Å². The minimum atomic E-state index is -4.20. The molecule has 3 amide bonds. The summed E-state index contributed by atoms with van der Waals surface area (Å²) in [5.74, 6) is -3.81. The predicted molar refractivity (Wildman–Crippen MR) is 139 cm³/mol. The van der Waals surface area contributed by atoms with Crippen LogP contribution >= 0.6 is 0 Å². The number of methoxy groups -OCH3 is 2. The number of hydrogen-bond acceptors (Lipinski definition) is 8. The van der Waals surface area contributed by atoms with Gasteiger partial charge in [0.1, 0.15) is 0 Å². The summed E-state index contributed by atoms with van der Waals surface area (Å²) in [6.45, 7) is 0. The summed E-state index contributed by atoms with van der Waals surface area (Å²) in [5.41, 5.74) is -0.000797. The first kappa shape index (κ1) is 29.1. The molecule has 13 nitrogen and oxygen atoms in total. The summed E-state index contributed by atoms with van der Waals surface area (Å²) in [4.78, 5) is 51.4. The number of carbonyl (C=O) groups is 4. The number of nitrogens with zero attached hydrogens (tertiary/aromatic N) is 1. The van der Waals surface area contributed by atoms with Crippen LogP contribution in [-0.4, -0.2) is 57.8 Å². The lowest BCUT2D eigenvalue weighted by Crippen LogP contribution is -2.37. The van der Waals surface area contributed by atoms with Crippen LogP contribution in [0.4, 0.5) is 21.0 Å². The van der Waals surface area contributed by atoms with Crippen molar-refractivity contribution in [1.29, 1.82) is 0 Å². The third-order valence-corrected chi connectivity index (χ3v) is 7.86. The predicted octanol–water partition coefficient (Wildman–Crippen LogP) is 3.24. The van der Waals surface area contributed by atoms with Crippen LogP contribution in [-0.2, 0) is 28.9 Å².